The van der Waals surface area contributed by atoms with E-state index in [2.05, 4.69) is 5.10 Å². The number of hydrogen-bond acceptors (Lipinski definition) is 4. The van der Waals surface area contributed by atoms with Crippen molar-refractivity contribution in [1.82, 2.24) is 9.78 Å². The lowest BCUT2D eigenvalue weighted by atomic mass is 9.99. The van der Waals surface area contributed by atoms with Crippen LogP contribution in [0.1, 0.15) is 39.8 Å². The molecule has 0 N–H and O–H groups in total. The number of fused-ring (bicyclic) bond motifs is 1. The zero-order chi connectivity index (χ0) is 16.4. The number of nitrogens with zero attached hydrogens (tertiary/aromatic N) is 3. The van der Waals surface area contributed by atoms with Gasteiger partial charge in [-0.05, 0) is 49.6 Å². The average Bonchev–Trinajstić information content (AvgIpc) is 2.99. The van der Waals surface area contributed by atoms with Crippen LogP contribution in [0, 0.1) is 0 Å². The first-order valence-electron chi connectivity index (χ1n) is 7.71. The van der Waals surface area contributed by atoms with Crippen LogP contribution in [0.5, 0.6) is 0 Å². The van der Waals surface area contributed by atoms with Crippen LogP contribution in [-0.2, 0) is 18.2 Å². The molecule has 1 aliphatic rings. The van der Waals surface area contributed by atoms with Gasteiger partial charge in [-0.15, -0.1) is 0 Å². The molecule has 0 bridgehead atoms. The summed E-state index contributed by atoms with van der Waals surface area (Å²) in [4.78, 5) is 26.4. The maximum atomic E-state index is 12.7. The number of amides is 1. The molecule has 2 heterocycles. The fraction of sp³-hybridized carbons (Fsp3) is 0.353. The molecule has 3 rings (SSSR count). The Hall–Kier alpha value is -2.63. The highest BCUT2D eigenvalue weighted by molar-refractivity contribution is 6.06. The van der Waals surface area contributed by atoms with Gasteiger partial charge in [-0.25, -0.2) is 4.79 Å². The Morgan fingerprint density at radius 2 is 2.13 bits per heavy atom. The number of aromatic nitrogens is 2. The highest BCUT2D eigenvalue weighted by atomic mass is 16.5. The maximum absolute atomic E-state index is 12.7. The Kier molecular flexibility index (Phi) is 4.14. The van der Waals surface area contributed by atoms with Crippen molar-refractivity contribution in [1.29, 1.82) is 0 Å². The largest absolute Gasteiger partial charge is 0.462 e. The Labute approximate surface area is 134 Å². The van der Waals surface area contributed by atoms with Gasteiger partial charge in [0.15, 0.2) is 0 Å². The van der Waals surface area contributed by atoms with Gasteiger partial charge in [0, 0.05) is 25.5 Å². The Morgan fingerprint density at radius 1 is 1.30 bits per heavy atom. The average molecular weight is 313 g/mol. The molecule has 1 aromatic carbocycles. The molecular weight excluding hydrogens is 294 g/mol. The molecule has 1 aliphatic heterocycles. The number of hydrogen-bond donors (Lipinski definition) is 0. The zero-order valence-corrected chi connectivity index (χ0v) is 13.3. The Bertz CT molecular complexity index is 751. The summed E-state index contributed by atoms with van der Waals surface area (Å²) in [6.07, 6.45) is 3.32. The number of esters is 1. The predicted molar refractivity (Wildman–Crippen MR) is 85.6 cm³/mol. The van der Waals surface area contributed by atoms with E-state index < -0.39 is 0 Å². The molecule has 120 valence electrons. The van der Waals surface area contributed by atoms with E-state index in [-0.39, 0.29) is 11.9 Å². The van der Waals surface area contributed by atoms with Crippen LogP contribution >= 0.6 is 0 Å². The fourth-order valence-corrected chi connectivity index (χ4v) is 2.87. The van der Waals surface area contributed by atoms with Crippen molar-refractivity contribution < 1.29 is 14.3 Å². The van der Waals surface area contributed by atoms with E-state index in [1.54, 1.807) is 41.9 Å². The van der Waals surface area contributed by atoms with Gasteiger partial charge >= 0.3 is 5.97 Å². The quantitative estimate of drug-likeness (QED) is 0.815. The van der Waals surface area contributed by atoms with Gasteiger partial charge in [0.25, 0.3) is 5.91 Å². The second-order valence-corrected chi connectivity index (χ2v) is 5.46. The lowest BCUT2D eigenvalue weighted by Crippen LogP contribution is -2.36. The van der Waals surface area contributed by atoms with Crippen LogP contribution in [0.2, 0.25) is 0 Å². The molecule has 0 saturated heterocycles. The Morgan fingerprint density at radius 3 is 2.83 bits per heavy atom. The predicted octanol–water partition coefficient (Wildman–Crippen LogP) is 2.19. The van der Waals surface area contributed by atoms with Crippen LogP contribution in [0.15, 0.2) is 30.5 Å². The number of benzene rings is 1. The van der Waals surface area contributed by atoms with E-state index >= 15 is 0 Å². The SMILES string of the molecule is CCOC(=O)c1ccc2c(c1)CCCN2C(=O)c1ccnn1C. The number of ether oxygens (including phenoxy) is 1. The lowest BCUT2D eigenvalue weighted by Gasteiger charge is -2.29. The van der Waals surface area contributed by atoms with Crippen LogP contribution < -0.4 is 4.90 Å². The summed E-state index contributed by atoms with van der Waals surface area (Å²) in [6.45, 7) is 2.79. The normalized spacial score (nSPS) is 13.6. The van der Waals surface area contributed by atoms with E-state index in [0.29, 0.717) is 24.4 Å². The van der Waals surface area contributed by atoms with Crippen molar-refractivity contribution in [2.75, 3.05) is 18.1 Å². The number of rotatable bonds is 3. The standard InChI is InChI=1S/C17H19N3O3/c1-3-23-17(22)13-6-7-14-12(11-13)5-4-10-20(14)16(21)15-8-9-18-19(15)2/h6-9,11H,3-5,10H2,1-2H3. The summed E-state index contributed by atoms with van der Waals surface area (Å²) in [5.74, 6) is -0.403. The van der Waals surface area contributed by atoms with Gasteiger partial charge in [-0.1, -0.05) is 0 Å². The van der Waals surface area contributed by atoms with Crippen molar-refractivity contribution >= 4 is 17.6 Å². The van der Waals surface area contributed by atoms with Gasteiger partial charge in [-0.3, -0.25) is 9.48 Å². The Balaban J connectivity index is 1.92. The van der Waals surface area contributed by atoms with E-state index in [1.807, 2.05) is 12.1 Å². The van der Waals surface area contributed by atoms with Gasteiger partial charge in [0.1, 0.15) is 5.69 Å². The third kappa shape index (κ3) is 2.84. The third-order valence-electron chi connectivity index (χ3n) is 3.99. The van der Waals surface area contributed by atoms with Gasteiger partial charge in [0.05, 0.1) is 12.2 Å². The topological polar surface area (TPSA) is 64.4 Å². The first kappa shape index (κ1) is 15.3. The summed E-state index contributed by atoms with van der Waals surface area (Å²) >= 11 is 0. The molecule has 23 heavy (non-hydrogen) atoms. The highest BCUT2D eigenvalue weighted by Gasteiger charge is 2.26. The minimum atomic E-state index is -0.328. The number of anilines is 1. The third-order valence-corrected chi connectivity index (χ3v) is 3.99. The number of carbonyl (C=O) groups is 2. The first-order valence-corrected chi connectivity index (χ1v) is 7.71. The highest BCUT2D eigenvalue weighted by Crippen LogP contribution is 2.29. The van der Waals surface area contributed by atoms with Crippen LogP contribution in [0.4, 0.5) is 5.69 Å². The van der Waals surface area contributed by atoms with Gasteiger partial charge in [-0.2, -0.15) is 5.10 Å². The molecule has 0 radical (unpaired) electrons. The fourth-order valence-electron chi connectivity index (χ4n) is 2.87. The molecular formula is C17H19N3O3. The molecule has 6 nitrogen and oxygen atoms in total. The van der Waals surface area contributed by atoms with E-state index in [4.69, 9.17) is 4.74 Å². The number of aryl methyl sites for hydroxylation is 2. The van der Waals surface area contributed by atoms with Crippen molar-refractivity contribution in [3.8, 4) is 0 Å². The summed E-state index contributed by atoms with van der Waals surface area (Å²) < 4.78 is 6.61. The van der Waals surface area contributed by atoms with Crippen LogP contribution in [-0.4, -0.2) is 34.8 Å². The molecule has 0 atom stereocenters. The summed E-state index contributed by atoms with van der Waals surface area (Å²) in [6, 6.07) is 7.08. The molecule has 2 aromatic rings. The van der Waals surface area contributed by atoms with Gasteiger partial charge in [0.2, 0.25) is 0 Å². The molecule has 0 aliphatic carbocycles. The second kappa shape index (κ2) is 6.24. The lowest BCUT2D eigenvalue weighted by molar-refractivity contribution is 0.0526. The van der Waals surface area contributed by atoms with Crippen molar-refractivity contribution in [3.05, 3.63) is 47.3 Å². The summed E-state index contributed by atoms with van der Waals surface area (Å²) in [5.41, 5.74) is 2.93. The molecule has 0 fully saturated rings. The van der Waals surface area contributed by atoms with E-state index in [1.165, 1.54) is 0 Å². The van der Waals surface area contributed by atoms with Gasteiger partial charge < -0.3 is 9.64 Å². The first-order chi connectivity index (χ1) is 11.1. The van der Waals surface area contributed by atoms with Crippen molar-refractivity contribution in [3.63, 3.8) is 0 Å². The van der Waals surface area contributed by atoms with Crippen molar-refractivity contribution in [2.24, 2.45) is 7.05 Å². The van der Waals surface area contributed by atoms with Crippen molar-refractivity contribution in [2.45, 2.75) is 19.8 Å². The summed E-state index contributed by atoms with van der Waals surface area (Å²) in [7, 11) is 1.75. The maximum Gasteiger partial charge on any atom is 0.338 e. The minimum absolute atomic E-state index is 0.0742. The van der Waals surface area contributed by atoms with Crippen LogP contribution in [0.25, 0.3) is 0 Å². The minimum Gasteiger partial charge on any atom is -0.462 e. The summed E-state index contributed by atoms with van der Waals surface area (Å²) in [5, 5.41) is 4.05. The molecule has 0 spiro atoms. The smallest absolute Gasteiger partial charge is 0.338 e. The molecule has 1 aromatic heterocycles. The van der Waals surface area contributed by atoms with E-state index in [9.17, 15) is 9.59 Å². The second-order valence-electron chi connectivity index (χ2n) is 5.46. The molecule has 1 amide bonds. The molecule has 6 heteroatoms. The molecule has 0 saturated carbocycles. The molecule has 0 unspecified atom stereocenters. The van der Waals surface area contributed by atoms with Crippen LogP contribution in [0.3, 0.4) is 0 Å². The zero-order valence-electron chi connectivity index (χ0n) is 13.3. The number of carbonyl (C=O) groups excluding carboxylic acids is 2. The monoisotopic (exact) mass is 313 g/mol. The van der Waals surface area contributed by atoms with E-state index in [0.717, 1.165) is 24.1 Å².